The Bertz CT molecular complexity index is 706. The van der Waals surface area contributed by atoms with E-state index < -0.39 is 0 Å². The van der Waals surface area contributed by atoms with Crippen molar-refractivity contribution in [3.8, 4) is 5.75 Å². The van der Waals surface area contributed by atoms with Gasteiger partial charge in [-0.2, -0.15) is 0 Å². The zero-order chi connectivity index (χ0) is 15.9. The number of rotatable bonds is 6. The third kappa shape index (κ3) is 3.97. The second-order valence-corrected chi connectivity index (χ2v) is 4.89. The van der Waals surface area contributed by atoms with E-state index in [1.54, 1.807) is 23.9 Å². The quantitative estimate of drug-likeness (QED) is 0.766. The van der Waals surface area contributed by atoms with Gasteiger partial charge in [-0.25, -0.2) is 0 Å². The number of nitrogens with zero attached hydrogens (tertiary/aromatic N) is 1. The first-order valence-corrected chi connectivity index (χ1v) is 7.02. The molecule has 0 bridgehead atoms. The van der Waals surface area contributed by atoms with Crippen molar-refractivity contribution in [3.05, 3.63) is 64.1 Å². The van der Waals surface area contributed by atoms with Gasteiger partial charge in [0.15, 0.2) is 0 Å². The minimum Gasteiger partial charge on any atom is -0.497 e. The van der Waals surface area contributed by atoms with Gasteiger partial charge >= 0.3 is 5.97 Å². The third-order valence-electron chi connectivity index (χ3n) is 3.41. The normalized spacial score (nSPS) is 10.3. The lowest BCUT2D eigenvalue weighted by molar-refractivity contribution is -0.140. The van der Waals surface area contributed by atoms with Crippen LogP contribution in [0.5, 0.6) is 5.75 Å². The SMILES string of the molecule is COC(=O)CCc1cccn(Cc2cccc(OC)c2)c1=O. The average Bonchev–Trinajstić information content (AvgIpc) is 2.55. The van der Waals surface area contributed by atoms with Crippen molar-refractivity contribution in [2.45, 2.75) is 19.4 Å². The monoisotopic (exact) mass is 301 g/mol. The lowest BCUT2D eigenvalue weighted by atomic mass is 10.1. The van der Waals surface area contributed by atoms with Crippen LogP contribution >= 0.6 is 0 Å². The van der Waals surface area contributed by atoms with Gasteiger partial charge in [-0.05, 0) is 30.2 Å². The molecule has 1 heterocycles. The van der Waals surface area contributed by atoms with Gasteiger partial charge in [0.2, 0.25) is 0 Å². The van der Waals surface area contributed by atoms with Gasteiger partial charge in [0.1, 0.15) is 5.75 Å². The summed E-state index contributed by atoms with van der Waals surface area (Å²) in [5.74, 6) is 0.440. The van der Waals surface area contributed by atoms with Gasteiger partial charge in [0, 0.05) is 18.2 Å². The van der Waals surface area contributed by atoms with Crippen LogP contribution in [-0.4, -0.2) is 24.8 Å². The standard InChI is InChI=1S/C17H19NO4/c1-21-15-7-3-5-13(11-15)12-18-10-4-6-14(17(18)20)8-9-16(19)22-2/h3-7,10-11H,8-9,12H2,1-2H3. The Morgan fingerprint density at radius 2 is 2.00 bits per heavy atom. The highest BCUT2D eigenvalue weighted by atomic mass is 16.5. The summed E-state index contributed by atoms with van der Waals surface area (Å²) in [7, 11) is 2.95. The second kappa shape index (κ2) is 7.45. The number of ether oxygens (including phenoxy) is 2. The fraction of sp³-hybridized carbons (Fsp3) is 0.294. The lowest BCUT2D eigenvalue weighted by Gasteiger charge is -2.09. The molecule has 0 saturated carbocycles. The molecule has 116 valence electrons. The van der Waals surface area contributed by atoms with E-state index in [0.717, 1.165) is 11.3 Å². The van der Waals surface area contributed by atoms with Crippen LogP contribution in [0.3, 0.4) is 0 Å². The second-order valence-electron chi connectivity index (χ2n) is 4.89. The number of pyridine rings is 1. The zero-order valence-electron chi connectivity index (χ0n) is 12.7. The van der Waals surface area contributed by atoms with Crippen molar-refractivity contribution in [1.29, 1.82) is 0 Å². The van der Waals surface area contributed by atoms with Crippen molar-refractivity contribution in [1.82, 2.24) is 4.57 Å². The highest BCUT2D eigenvalue weighted by molar-refractivity contribution is 5.69. The summed E-state index contributed by atoms with van der Waals surface area (Å²) in [6, 6.07) is 11.1. The first kappa shape index (κ1) is 15.8. The minimum atomic E-state index is -0.317. The lowest BCUT2D eigenvalue weighted by Crippen LogP contribution is -2.24. The van der Waals surface area contributed by atoms with E-state index in [0.29, 0.717) is 18.5 Å². The molecule has 0 unspecified atom stereocenters. The Kier molecular flexibility index (Phi) is 5.36. The highest BCUT2D eigenvalue weighted by Gasteiger charge is 2.07. The molecule has 0 radical (unpaired) electrons. The Hall–Kier alpha value is -2.56. The molecule has 5 heteroatoms. The van der Waals surface area contributed by atoms with Crippen LogP contribution in [0.2, 0.25) is 0 Å². The number of carbonyl (C=O) groups is 1. The maximum Gasteiger partial charge on any atom is 0.305 e. The van der Waals surface area contributed by atoms with E-state index >= 15 is 0 Å². The number of carbonyl (C=O) groups excluding carboxylic acids is 1. The van der Waals surface area contributed by atoms with E-state index in [9.17, 15) is 9.59 Å². The number of hydrogen-bond acceptors (Lipinski definition) is 4. The van der Waals surface area contributed by atoms with Gasteiger partial charge in [0.05, 0.1) is 20.8 Å². The Morgan fingerprint density at radius 1 is 1.18 bits per heavy atom. The molecule has 0 fully saturated rings. The maximum atomic E-state index is 12.4. The molecule has 0 atom stereocenters. The van der Waals surface area contributed by atoms with Crippen molar-refractivity contribution in [2.75, 3.05) is 14.2 Å². The molecule has 0 saturated heterocycles. The van der Waals surface area contributed by atoms with Gasteiger partial charge in [0.25, 0.3) is 5.56 Å². The van der Waals surface area contributed by atoms with Crippen LogP contribution in [0.15, 0.2) is 47.4 Å². The number of aromatic nitrogens is 1. The number of esters is 1. The van der Waals surface area contributed by atoms with Crippen LogP contribution in [0.4, 0.5) is 0 Å². The fourth-order valence-corrected chi connectivity index (χ4v) is 2.21. The molecule has 2 rings (SSSR count). The fourth-order valence-electron chi connectivity index (χ4n) is 2.21. The average molecular weight is 301 g/mol. The largest absolute Gasteiger partial charge is 0.497 e. The molecule has 0 amide bonds. The summed E-state index contributed by atoms with van der Waals surface area (Å²) >= 11 is 0. The van der Waals surface area contributed by atoms with E-state index in [-0.39, 0.29) is 17.9 Å². The highest BCUT2D eigenvalue weighted by Crippen LogP contribution is 2.13. The number of aryl methyl sites for hydroxylation is 1. The van der Waals surface area contributed by atoms with Gasteiger partial charge < -0.3 is 14.0 Å². The van der Waals surface area contributed by atoms with Crippen molar-refractivity contribution < 1.29 is 14.3 Å². The van der Waals surface area contributed by atoms with Crippen LogP contribution in [0.1, 0.15) is 17.5 Å². The Balaban J connectivity index is 2.17. The molecule has 0 N–H and O–H groups in total. The number of methoxy groups -OCH3 is 2. The van der Waals surface area contributed by atoms with E-state index in [1.165, 1.54) is 7.11 Å². The number of benzene rings is 1. The van der Waals surface area contributed by atoms with Crippen LogP contribution in [-0.2, 0) is 22.5 Å². The van der Waals surface area contributed by atoms with E-state index in [4.69, 9.17) is 4.74 Å². The van der Waals surface area contributed by atoms with Gasteiger partial charge in [-0.3, -0.25) is 9.59 Å². The molecular weight excluding hydrogens is 282 g/mol. The molecule has 1 aromatic carbocycles. The van der Waals surface area contributed by atoms with Crippen molar-refractivity contribution in [3.63, 3.8) is 0 Å². The van der Waals surface area contributed by atoms with Crippen molar-refractivity contribution >= 4 is 5.97 Å². The topological polar surface area (TPSA) is 57.5 Å². The summed E-state index contributed by atoms with van der Waals surface area (Å²) in [5.41, 5.74) is 1.50. The molecule has 22 heavy (non-hydrogen) atoms. The molecular formula is C17H19NO4. The molecule has 0 aliphatic heterocycles. The zero-order valence-corrected chi connectivity index (χ0v) is 12.7. The summed E-state index contributed by atoms with van der Waals surface area (Å²) in [6.45, 7) is 0.460. The maximum absolute atomic E-state index is 12.4. The molecule has 0 aliphatic rings. The third-order valence-corrected chi connectivity index (χ3v) is 3.41. The van der Waals surface area contributed by atoms with Crippen LogP contribution in [0.25, 0.3) is 0 Å². The summed E-state index contributed by atoms with van der Waals surface area (Å²) in [6.07, 6.45) is 2.32. The molecule has 0 spiro atoms. The Labute approximate surface area is 129 Å². The summed E-state index contributed by atoms with van der Waals surface area (Å²) in [5, 5.41) is 0. The van der Waals surface area contributed by atoms with Gasteiger partial charge in [-0.1, -0.05) is 18.2 Å². The molecule has 0 aliphatic carbocycles. The molecule has 5 nitrogen and oxygen atoms in total. The van der Waals surface area contributed by atoms with E-state index in [1.807, 2.05) is 30.3 Å². The van der Waals surface area contributed by atoms with Crippen molar-refractivity contribution in [2.24, 2.45) is 0 Å². The predicted molar refractivity (Wildman–Crippen MR) is 83.1 cm³/mol. The first-order chi connectivity index (χ1) is 10.6. The van der Waals surface area contributed by atoms with Crippen LogP contribution in [0, 0.1) is 0 Å². The number of hydrogen-bond donors (Lipinski definition) is 0. The minimum absolute atomic E-state index is 0.0887. The molecule has 1 aromatic heterocycles. The van der Waals surface area contributed by atoms with Gasteiger partial charge in [-0.15, -0.1) is 0 Å². The smallest absolute Gasteiger partial charge is 0.305 e. The first-order valence-electron chi connectivity index (χ1n) is 7.02. The molecule has 2 aromatic rings. The predicted octanol–water partition coefficient (Wildman–Crippen LogP) is 2.01. The van der Waals surface area contributed by atoms with E-state index in [2.05, 4.69) is 4.74 Å². The summed E-state index contributed by atoms with van der Waals surface area (Å²) in [4.78, 5) is 23.6. The Morgan fingerprint density at radius 3 is 2.73 bits per heavy atom. The summed E-state index contributed by atoms with van der Waals surface area (Å²) < 4.78 is 11.4. The van der Waals surface area contributed by atoms with Crippen LogP contribution < -0.4 is 10.3 Å².